The summed E-state index contributed by atoms with van der Waals surface area (Å²) in [6.07, 6.45) is 6.05. The average molecular weight is 540 g/mol. The second-order valence-electron chi connectivity index (χ2n) is 11.9. The van der Waals surface area contributed by atoms with Crippen molar-refractivity contribution in [1.29, 1.82) is 0 Å². The van der Waals surface area contributed by atoms with Gasteiger partial charge in [0.15, 0.2) is 11.6 Å². The molecule has 1 N–H and O–H groups in total. The Bertz CT molecular complexity index is 1220. The van der Waals surface area contributed by atoms with Crippen molar-refractivity contribution in [1.82, 2.24) is 4.90 Å². The predicted molar refractivity (Wildman–Crippen MR) is 146 cm³/mol. The molecule has 2 aromatic rings. The molecule has 3 aliphatic rings. The molecular weight excluding hydrogens is 500 g/mol. The van der Waals surface area contributed by atoms with Crippen LogP contribution in [0.3, 0.4) is 0 Å². The smallest absolute Gasteiger partial charge is 0.309 e. The first kappa shape index (κ1) is 27.8. The molecule has 39 heavy (non-hydrogen) atoms. The topological polar surface area (TPSA) is 59.0 Å². The molecule has 0 aromatic heterocycles. The predicted octanol–water partition coefficient (Wildman–Crippen LogP) is 7.15. The number of hydrogen-bond acceptors (Lipinski definition) is 4. The van der Waals surface area contributed by atoms with Crippen LogP contribution in [0.4, 0.5) is 8.78 Å². The standard InChI is InChI=1S/C32H39F2NO4/c1-20-18-39-19-35(15-12-26(20)22-10-13-32(2,14-11-22)31(36)37)17-24-16-27(21-4-5-21)28(29(34)30(24)38-3)23-6-8-25(33)9-7-23/h6-9,16,21-22,26H,1,4-5,10-15,17-19H2,2-3H3,(H,36,37). The maximum absolute atomic E-state index is 16.0. The number of methoxy groups -OCH3 is 1. The Labute approximate surface area is 229 Å². The molecule has 1 aliphatic heterocycles. The zero-order chi connectivity index (χ0) is 27.7. The molecule has 1 atom stereocenters. The third-order valence-electron chi connectivity index (χ3n) is 9.14. The summed E-state index contributed by atoms with van der Waals surface area (Å²) < 4.78 is 41.2. The summed E-state index contributed by atoms with van der Waals surface area (Å²) in [5.41, 5.74) is 3.35. The summed E-state index contributed by atoms with van der Waals surface area (Å²) in [6, 6.07) is 8.05. The zero-order valence-corrected chi connectivity index (χ0v) is 23.0. The number of halogens is 2. The Balaban J connectivity index is 1.35. The Morgan fingerprint density at radius 2 is 1.85 bits per heavy atom. The number of aliphatic carboxylic acids is 1. The van der Waals surface area contributed by atoms with Crippen molar-refractivity contribution in [2.24, 2.45) is 17.3 Å². The van der Waals surface area contributed by atoms with Crippen molar-refractivity contribution in [3.05, 3.63) is 65.2 Å². The highest BCUT2D eigenvalue weighted by Gasteiger charge is 2.40. The van der Waals surface area contributed by atoms with Crippen LogP contribution >= 0.6 is 0 Å². The van der Waals surface area contributed by atoms with Gasteiger partial charge in [0.25, 0.3) is 0 Å². The Hall–Kier alpha value is -2.77. The van der Waals surface area contributed by atoms with Gasteiger partial charge in [0.05, 0.1) is 25.9 Å². The van der Waals surface area contributed by atoms with Crippen LogP contribution in [0.15, 0.2) is 42.5 Å². The first-order valence-corrected chi connectivity index (χ1v) is 14.1. The average Bonchev–Trinajstić information content (AvgIpc) is 3.75. The summed E-state index contributed by atoms with van der Waals surface area (Å²) in [4.78, 5) is 13.9. The minimum atomic E-state index is -0.704. The van der Waals surface area contributed by atoms with Gasteiger partial charge < -0.3 is 14.6 Å². The highest BCUT2D eigenvalue weighted by Crippen LogP contribution is 2.48. The molecule has 2 aromatic carbocycles. The van der Waals surface area contributed by atoms with Crippen LogP contribution in [-0.2, 0) is 16.1 Å². The lowest BCUT2D eigenvalue weighted by Crippen LogP contribution is -2.38. The number of carboxylic acids is 1. The molecule has 210 valence electrons. The third-order valence-corrected chi connectivity index (χ3v) is 9.14. The first-order chi connectivity index (χ1) is 18.7. The molecule has 3 fully saturated rings. The van der Waals surface area contributed by atoms with Crippen molar-refractivity contribution >= 4 is 5.97 Å². The molecule has 0 radical (unpaired) electrons. The van der Waals surface area contributed by atoms with Gasteiger partial charge in [-0.05, 0) is 105 Å². The number of carboxylic acid groups (broad SMARTS) is 1. The van der Waals surface area contributed by atoms with E-state index in [0.717, 1.165) is 55.3 Å². The minimum absolute atomic E-state index is 0.224. The Morgan fingerprint density at radius 3 is 2.46 bits per heavy atom. The fraction of sp³-hybridized carbons (Fsp3) is 0.531. The number of rotatable bonds is 7. The van der Waals surface area contributed by atoms with E-state index in [1.807, 2.05) is 6.92 Å². The molecule has 2 aliphatic carbocycles. The number of hydrogen-bond donors (Lipinski definition) is 1. The molecule has 7 heteroatoms. The molecule has 1 heterocycles. The van der Waals surface area contributed by atoms with Crippen LogP contribution in [0.5, 0.6) is 5.75 Å². The second-order valence-corrected chi connectivity index (χ2v) is 11.9. The fourth-order valence-electron chi connectivity index (χ4n) is 6.50. The van der Waals surface area contributed by atoms with Crippen LogP contribution in [0.25, 0.3) is 11.1 Å². The lowest BCUT2D eigenvalue weighted by molar-refractivity contribution is -0.150. The van der Waals surface area contributed by atoms with Crippen molar-refractivity contribution in [3.8, 4) is 16.9 Å². The molecule has 5 nitrogen and oxygen atoms in total. The van der Waals surface area contributed by atoms with E-state index in [1.165, 1.54) is 19.2 Å². The van der Waals surface area contributed by atoms with Gasteiger partial charge in [-0.15, -0.1) is 0 Å². The van der Waals surface area contributed by atoms with E-state index >= 15 is 4.39 Å². The van der Waals surface area contributed by atoms with Crippen LogP contribution in [0.1, 0.15) is 68.9 Å². The monoisotopic (exact) mass is 539 g/mol. The summed E-state index contributed by atoms with van der Waals surface area (Å²) in [6.45, 7) is 8.31. The van der Waals surface area contributed by atoms with E-state index in [2.05, 4.69) is 17.5 Å². The van der Waals surface area contributed by atoms with E-state index < -0.39 is 17.2 Å². The zero-order valence-electron chi connectivity index (χ0n) is 23.0. The minimum Gasteiger partial charge on any atom is -0.493 e. The number of carbonyl (C=O) groups is 1. The number of ether oxygens (including phenoxy) is 2. The molecule has 0 spiro atoms. The van der Waals surface area contributed by atoms with E-state index in [4.69, 9.17) is 9.47 Å². The highest BCUT2D eigenvalue weighted by atomic mass is 19.1. The van der Waals surface area contributed by atoms with E-state index in [9.17, 15) is 14.3 Å². The Morgan fingerprint density at radius 1 is 1.15 bits per heavy atom. The molecule has 1 unspecified atom stereocenters. The van der Waals surface area contributed by atoms with Crippen LogP contribution in [0, 0.1) is 28.9 Å². The van der Waals surface area contributed by atoms with Crippen molar-refractivity contribution in [2.45, 2.75) is 64.3 Å². The largest absolute Gasteiger partial charge is 0.493 e. The van der Waals surface area contributed by atoms with Gasteiger partial charge in [0, 0.05) is 24.2 Å². The van der Waals surface area contributed by atoms with Gasteiger partial charge in [-0.1, -0.05) is 18.7 Å². The SMILES string of the molecule is C=C1COCN(Cc2cc(C3CC3)c(-c3ccc(F)cc3)c(F)c2OC)CCC1C1CCC(C)(C(=O)O)CC1. The lowest BCUT2D eigenvalue weighted by Gasteiger charge is -2.40. The van der Waals surface area contributed by atoms with Crippen LogP contribution in [0.2, 0.25) is 0 Å². The third kappa shape index (κ3) is 5.90. The summed E-state index contributed by atoms with van der Waals surface area (Å²) in [7, 11) is 1.49. The van der Waals surface area contributed by atoms with Crippen molar-refractivity contribution in [2.75, 3.05) is 27.0 Å². The van der Waals surface area contributed by atoms with E-state index in [0.29, 0.717) is 55.7 Å². The first-order valence-electron chi connectivity index (χ1n) is 14.1. The highest BCUT2D eigenvalue weighted by molar-refractivity contribution is 5.74. The molecule has 1 saturated heterocycles. The van der Waals surface area contributed by atoms with Crippen molar-refractivity contribution < 1.29 is 28.2 Å². The number of benzene rings is 2. The maximum Gasteiger partial charge on any atom is 0.309 e. The van der Waals surface area contributed by atoms with Crippen LogP contribution < -0.4 is 4.74 Å². The van der Waals surface area contributed by atoms with Crippen molar-refractivity contribution in [3.63, 3.8) is 0 Å². The molecule has 5 rings (SSSR count). The fourth-order valence-corrected chi connectivity index (χ4v) is 6.50. The van der Waals surface area contributed by atoms with Gasteiger partial charge in [0.2, 0.25) is 0 Å². The maximum atomic E-state index is 16.0. The van der Waals surface area contributed by atoms with Gasteiger partial charge >= 0.3 is 5.97 Å². The second kappa shape index (κ2) is 11.4. The molecular formula is C32H39F2NO4. The molecule has 0 bridgehead atoms. The van der Waals surface area contributed by atoms with Gasteiger partial charge in [-0.3, -0.25) is 9.69 Å². The summed E-state index contributed by atoms with van der Waals surface area (Å²) in [5, 5.41) is 9.62. The molecule has 2 saturated carbocycles. The van der Waals surface area contributed by atoms with E-state index in [1.54, 1.807) is 12.1 Å². The van der Waals surface area contributed by atoms with E-state index in [-0.39, 0.29) is 17.5 Å². The lowest BCUT2D eigenvalue weighted by atomic mass is 9.66. The number of nitrogens with zero attached hydrogens (tertiary/aromatic N) is 1. The quantitative estimate of drug-likeness (QED) is 0.379. The summed E-state index contributed by atoms with van der Waals surface area (Å²) in [5.74, 6) is -0.261. The van der Waals surface area contributed by atoms with Gasteiger partial charge in [-0.25, -0.2) is 8.78 Å². The normalized spacial score (nSPS) is 26.6. The van der Waals surface area contributed by atoms with Gasteiger partial charge in [-0.2, -0.15) is 0 Å². The molecule has 0 amide bonds. The van der Waals surface area contributed by atoms with Crippen LogP contribution in [-0.4, -0.2) is 43.0 Å². The summed E-state index contributed by atoms with van der Waals surface area (Å²) >= 11 is 0. The van der Waals surface area contributed by atoms with Gasteiger partial charge in [0.1, 0.15) is 5.82 Å². The Kier molecular flexibility index (Phi) is 8.11.